The Morgan fingerprint density at radius 2 is 1.70 bits per heavy atom. The van der Waals surface area contributed by atoms with Crippen molar-refractivity contribution in [2.75, 3.05) is 13.1 Å². The monoisotopic (exact) mass is 410 g/mol. The Bertz CT molecular complexity index is 867. The molecule has 2 aliphatic rings. The van der Waals surface area contributed by atoms with Crippen LogP contribution in [0.2, 0.25) is 0 Å². The number of carbonyl (C=O) groups excluding carboxylic acids is 2. The van der Waals surface area contributed by atoms with Crippen LogP contribution in [0.15, 0.2) is 54.6 Å². The molecule has 0 aliphatic carbocycles. The third-order valence-electron chi connectivity index (χ3n) is 5.85. The molecule has 158 valence electrons. The zero-order chi connectivity index (χ0) is 20.9. The first-order valence-corrected chi connectivity index (χ1v) is 10.5. The van der Waals surface area contributed by atoms with Crippen LogP contribution in [0.5, 0.6) is 0 Å². The summed E-state index contributed by atoms with van der Waals surface area (Å²) in [5.41, 5.74) is 8.32. The van der Waals surface area contributed by atoms with E-state index in [0.29, 0.717) is 13.1 Å². The Hall–Kier alpha value is -2.77. The number of nitrogens with one attached hydrogen (secondary N) is 3. The van der Waals surface area contributed by atoms with Crippen LogP contribution < -0.4 is 16.2 Å². The van der Waals surface area contributed by atoms with Crippen LogP contribution in [0.25, 0.3) is 0 Å². The normalized spacial score (nSPS) is 22.1. The fourth-order valence-corrected chi connectivity index (χ4v) is 4.15. The van der Waals surface area contributed by atoms with E-state index >= 15 is 0 Å². The van der Waals surface area contributed by atoms with Gasteiger partial charge in [-0.2, -0.15) is 0 Å². The van der Waals surface area contributed by atoms with Gasteiger partial charge in [0.25, 0.3) is 0 Å². The van der Waals surface area contributed by atoms with Gasteiger partial charge in [0.1, 0.15) is 11.9 Å². The number of hydrazine groups is 1. The Morgan fingerprint density at radius 3 is 2.40 bits per heavy atom. The number of likely N-dealkylation sites (tertiary alicyclic amines) is 1. The topological polar surface area (TPSA) is 73.5 Å². The van der Waals surface area contributed by atoms with E-state index in [9.17, 15) is 14.0 Å². The molecule has 2 unspecified atom stereocenters. The highest BCUT2D eigenvalue weighted by Crippen LogP contribution is 2.23. The largest absolute Gasteiger partial charge is 0.353 e. The van der Waals surface area contributed by atoms with Crippen molar-refractivity contribution in [1.29, 1.82) is 0 Å². The van der Waals surface area contributed by atoms with Crippen LogP contribution in [0.3, 0.4) is 0 Å². The first-order valence-electron chi connectivity index (χ1n) is 10.5. The maximum absolute atomic E-state index is 13.0. The number of nitrogens with zero attached hydrogens (tertiary/aromatic N) is 1. The molecule has 30 heavy (non-hydrogen) atoms. The van der Waals surface area contributed by atoms with Gasteiger partial charge in [0, 0.05) is 25.2 Å². The van der Waals surface area contributed by atoms with Gasteiger partial charge >= 0.3 is 0 Å². The van der Waals surface area contributed by atoms with Crippen molar-refractivity contribution < 1.29 is 14.0 Å². The number of carbonyl (C=O) groups is 2. The highest BCUT2D eigenvalue weighted by Gasteiger charge is 2.34. The van der Waals surface area contributed by atoms with Crippen molar-refractivity contribution in [1.82, 2.24) is 21.1 Å². The predicted molar refractivity (Wildman–Crippen MR) is 112 cm³/mol. The first-order chi connectivity index (χ1) is 14.6. The summed E-state index contributed by atoms with van der Waals surface area (Å²) < 4.78 is 13.0. The van der Waals surface area contributed by atoms with Gasteiger partial charge in [0.05, 0.1) is 6.42 Å². The molecule has 0 radical (unpaired) electrons. The molecule has 4 rings (SSSR count). The van der Waals surface area contributed by atoms with Gasteiger partial charge in [0.2, 0.25) is 11.8 Å². The smallest absolute Gasteiger partial charge is 0.241 e. The molecule has 7 heteroatoms. The van der Waals surface area contributed by atoms with Crippen LogP contribution in [0.4, 0.5) is 4.39 Å². The van der Waals surface area contributed by atoms with Gasteiger partial charge < -0.3 is 10.2 Å². The highest BCUT2D eigenvalue weighted by molar-refractivity contribution is 5.82. The minimum absolute atomic E-state index is 0.0636. The third-order valence-corrected chi connectivity index (χ3v) is 5.85. The molecular weight excluding hydrogens is 383 g/mol. The van der Waals surface area contributed by atoms with Crippen LogP contribution in [-0.4, -0.2) is 41.9 Å². The van der Waals surface area contributed by atoms with Crippen LogP contribution in [0, 0.1) is 5.82 Å². The van der Waals surface area contributed by atoms with Gasteiger partial charge in [-0.25, -0.2) is 15.2 Å². The zero-order valence-corrected chi connectivity index (χ0v) is 16.8. The fraction of sp³-hybridized carbons (Fsp3) is 0.391. The molecular formula is C23H27FN4O2. The van der Waals surface area contributed by atoms with E-state index < -0.39 is 0 Å². The van der Waals surface area contributed by atoms with Crippen LogP contribution >= 0.6 is 0 Å². The van der Waals surface area contributed by atoms with Crippen LogP contribution in [-0.2, 0) is 16.0 Å². The molecule has 0 saturated carbocycles. The number of rotatable bonds is 5. The Balaban J connectivity index is 1.22. The summed E-state index contributed by atoms with van der Waals surface area (Å²) in [4.78, 5) is 27.0. The molecule has 0 aromatic heterocycles. The molecule has 2 aromatic rings. The van der Waals surface area contributed by atoms with Crippen LogP contribution in [0.1, 0.15) is 36.4 Å². The minimum atomic E-state index is -0.307. The van der Waals surface area contributed by atoms with Crippen molar-refractivity contribution in [3.8, 4) is 0 Å². The number of hydrogen-bond donors (Lipinski definition) is 3. The predicted octanol–water partition coefficient (Wildman–Crippen LogP) is 2.08. The zero-order valence-electron chi connectivity index (χ0n) is 16.8. The highest BCUT2D eigenvalue weighted by atomic mass is 19.1. The molecule has 0 spiro atoms. The standard InChI is InChI=1S/C23H27FN4O2/c24-18-8-6-16(7-9-18)14-22(29)25-19-10-12-28(13-11-19)23(30)21-15-20(26-27-21)17-4-2-1-3-5-17/h1-9,19-21,26-27H,10-15H2,(H,25,29). The van der Waals surface area contributed by atoms with Crippen molar-refractivity contribution in [2.45, 2.75) is 43.8 Å². The number of halogens is 1. The van der Waals surface area contributed by atoms with E-state index in [1.807, 2.05) is 23.1 Å². The SMILES string of the molecule is O=C(Cc1ccc(F)cc1)NC1CCN(C(=O)C2CC(c3ccccc3)NN2)CC1. The maximum atomic E-state index is 13.0. The van der Waals surface area contributed by atoms with Crippen molar-refractivity contribution in [3.63, 3.8) is 0 Å². The summed E-state index contributed by atoms with van der Waals surface area (Å²) in [6, 6.07) is 16.0. The lowest BCUT2D eigenvalue weighted by atomic mass is 10.00. The van der Waals surface area contributed by atoms with E-state index in [1.54, 1.807) is 12.1 Å². The molecule has 2 saturated heterocycles. The third kappa shape index (κ3) is 5.04. The lowest BCUT2D eigenvalue weighted by molar-refractivity contribution is -0.134. The first kappa shape index (κ1) is 20.5. The van der Waals surface area contributed by atoms with Gasteiger partial charge in [-0.05, 0) is 42.5 Å². The summed E-state index contributed by atoms with van der Waals surface area (Å²) in [6.45, 7) is 1.27. The van der Waals surface area contributed by atoms with Crippen molar-refractivity contribution in [3.05, 3.63) is 71.5 Å². The molecule has 2 aromatic carbocycles. The lowest BCUT2D eigenvalue weighted by Crippen LogP contribution is -2.51. The van der Waals surface area contributed by atoms with Gasteiger partial charge in [-0.1, -0.05) is 42.5 Å². The Labute approximate surface area is 175 Å². The Kier molecular flexibility index (Phi) is 6.40. The Morgan fingerprint density at radius 1 is 1.00 bits per heavy atom. The molecule has 6 nitrogen and oxygen atoms in total. The second-order valence-electron chi connectivity index (χ2n) is 8.01. The number of amides is 2. The van der Waals surface area contributed by atoms with Gasteiger partial charge in [-0.15, -0.1) is 0 Å². The number of benzene rings is 2. The quantitative estimate of drug-likeness (QED) is 0.706. The average molecular weight is 410 g/mol. The van der Waals surface area contributed by atoms with Gasteiger partial charge in [-0.3, -0.25) is 9.59 Å². The molecule has 2 aliphatic heterocycles. The summed E-state index contributed by atoms with van der Waals surface area (Å²) in [5, 5.41) is 3.04. The molecule has 0 bridgehead atoms. The van der Waals surface area contributed by atoms with E-state index in [0.717, 1.165) is 24.8 Å². The lowest BCUT2D eigenvalue weighted by Gasteiger charge is -2.33. The summed E-state index contributed by atoms with van der Waals surface area (Å²) in [6.07, 6.45) is 2.43. The molecule has 2 amide bonds. The van der Waals surface area contributed by atoms with Crippen molar-refractivity contribution >= 4 is 11.8 Å². The molecule has 2 atom stereocenters. The van der Waals surface area contributed by atoms with Gasteiger partial charge in [0.15, 0.2) is 0 Å². The molecule has 2 fully saturated rings. The second-order valence-corrected chi connectivity index (χ2v) is 8.01. The summed E-state index contributed by atoms with van der Waals surface area (Å²) >= 11 is 0. The van der Waals surface area contributed by atoms with E-state index in [2.05, 4.69) is 28.3 Å². The average Bonchev–Trinajstić information content (AvgIpc) is 3.26. The summed E-state index contributed by atoms with van der Waals surface area (Å²) in [5.74, 6) is -0.269. The van der Waals surface area contributed by atoms with E-state index in [4.69, 9.17) is 0 Å². The molecule has 3 N–H and O–H groups in total. The fourth-order valence-electron chi connectivity index (χ4n) is 4.15. The maximum Gasteiger partial charge on any atom is 0.241 e. The van der Waals surface area contributed by atoms with E-state index in [-0.39, 0.29) is 42.2 Å². The second kappa shape index (κ2) is 9.36. The number of piperidine rings is 1. The van der Waals surface area contributed by atoms with E-state index in [1.165, 1.54) is 17.7 Å². The van der Waals surface area contributed by atoms with Crippen molar-refractivity contribution in [2.24, 2.45) is 0 Å². The number of hydrogen-bond acceptors (Lipinski definition) is 4. The minimum Gasteiger partial charge on any atom is -0.353 e. The summed E-state index contributed by atoms with van der Waals surface area (Å²) in [7, 11) is 0. The molecule has 2 heterocycles.